The lowest BCUT2D eigenvalue weighted by atomic mass is 9.66. The van der Waals surface area contributed by atoms with Gasteiger partial charge >= 0.3 is 0 Å². The van der Waals surface area contributed by atoms with Gasteiger partial charge in [0.2, 0.25) is 17.7 Å². The lowest BCUT2D eigenvalue weighted by Crippen LogP contribution is -2.55. The number of rotatable bonds is 8. The highest BCUT2D eigenvalue weighted by atomic mass is 32.2. The second kappa shape index (κ2) is 8.93. The van der Waals surface area contributed by atoms with Gasteiger partial charge in [-0.3, -0.25) is 14.4 Å². The molecule has 3 N–H and O–H groups in total. The van der Waals surface area contributed by atoms with Crippen molar-refractivity contribution in [1.29, 1.82) is 0 Å². The lowest BCUT2D eigenvalue weighted by Gasteiger charge is -2.35. The highest BCUT2D eigenvalue weighted by Gasteiger charge is 2.76. The third kappa shape index (κ3) is 3.77. The number of likely N-dealkylation sites (tertiary alicyclic amines) is 1. The van der Waals surface area contributed by atoms with Gasteiger partial charge in [0, 0.05) is 31.0 Å². The van der Waals surface area contributed by atoms with Gasteiger partial charge in [0.05, 0.1) is 16.6 Å². The van der Waals surface area contributed by atoms with Gasteiger partial charge in [0.1, 0.15) is 6.04 Å². The molecule has 1 aliphatic carbocycles. The van der Waals surface area contributed by atoms with Crippen molar-refractivity contribution in [2.45, 2.75) is 92.7 Å². The maximum atomic E-state index is 13.7. The molecule has 8 heteroatoms. The number of carbonyl (C=O) groups excluding carboxylic acids is 3. The SMILES string of the molecule is CNC(=O)[C@H]1[C@H]2C(=O)N(CCCCCO)C(C(=O)NC3CCCCC3)C23CC[C@]1(C)S3. The Balaban J connectivity index is 1.62. The highest BCUT2D eigenvalue weighted by molar-refractivity contribution is 8.02. The second-order valence-electron chi connectivity index (χ2n) is 10.0. The molecule has 0 aromatic carbocycles. The zero-order chi connectivity index (χ0) is 22.2. The summed E-state index contributed by atoms with van der Waals surface area (Å²) in [6.07, 6.45) is 9.43. The van der Waals surface area contributed by atoms with Gasteiger partial charge in [-0.2, -0.15) is 0 Å². The number of unbranched alkanes of at least 4 members (excludes halogenated alkanes) is 2. The standard InChI is InChI=1S/C23H37N3O4S/c1-22-11-12-23(31-22)17(16(22)19(28)24-2)21(30)26(13-7-4-8-14-27)18(23)20(29)25-15-9-5-3-6-10-15/h15-18,27H,3-14H2,1-2H3,(H,24,28)(H,25,29)/t16-,17+,18?,22+,23?/m1/s1. The van der Waals surface area contributed by atoms with Crippen LogP contribution < -0.4 is 10.6 Å². The van der Waals surface area contributed by atoms with Crippen molar-refractivity contribution in [2.24, 2.45) is 11.8 Å². The van der Waals surface area contributed by atoms with Crippen LogP contribution in [0.25, 0.3) is 0 Å². The number of thioether (sulfide) groups is 1. The first-order chi connectivity index (χ1) is 14.9. The molecule has 1 spiro atoms. The molecule has 3 saturated heterocycles. The Kier molecular flexibility index (Phi) is 6.59. The summed E-state index contributed by atoms with van der Waals surface area (Å²) in [6, 6.07) is -0.320. The van der Waals surface area contributed by atoms with E-state index in [2.05, 4.69) is 17.6 Å². The number of fused-ring (bicyclic) bond motifs is 1. The fourth-order valence-corrected chi connectivity index (χ4v) is 8.98. The van der Waals surface area contributed by atoms with Crippen LogP contribution in [0.3, 0.4) is 0 Å². The van der Waals surface area contributed by atoms with Gasteiger partial charge in [-0.05, 0) is 51.9 Å². The first-order valence-corrected chi connectivity index (χ1v) is 12.8. The fraction of sp³-hybridized carbons (Fsp3) is 0.870. The summed E-state index contributed by atoms with van der Waals surface area (Å²) in [6.45, 7) is 2.75. The fourth-order valence-electron chi connectivity index (χ4n) is 6.62. The Hall–Kier alpha value is -1.28. The quantitative estimate of drug-likeness (QED) is 0.489. The molecule has 2 unspecified atom stereocenters. The third-order valence-electron chi connectivity index (χ3n) is 8.06. The summed E-state index contributed by atoms with van der Waals surface area (Å²) < 4.78 is -0.814. The maximum absolute atomic E-state index is 13.7. The van der Waals surface area contributed by atoms with Crippen LogP contribution in [0.2, 0.25) is 0 Å². The molecule has 0 aromatic heterocycles. The van der Waals surface area contributed by atoms with Crippen molar-refractivity contribution in [3.63, 3.8) is 0 Å². The molecule has 3 amide bonds. The average Bonchev–Trinajstić information content (AvgIpc) is 3.32. The Bertz CT molecular complexity index is 728. The van der Waals surface area contributed by atoms with Crippen molar-refractivity contribution >= 4 is 29.5 Å². The molecule has 4 rings (SSSR count). The number of hydrogen-bond donors (Lipinski definition) is 3. The van der Waals surface area contributed by atoms with Crippen molar-refractivity contribution < 1.29 is 19.5 Å². The van der Waals surface area contributed by atoms with Gasteiger partial charge in [0.15, 0.2) is 0 Å². The summed E-state index contributed by atoms with van der Waals surface area (Å²) >= 11 is 1.73. The largest absolute Gasteiger partial charge is 0.396 e. The minimum absolute atomic E-state index is 0.0285. The smallest absolute Gasteiger partial charge is 0.244 e. The minimum atomic E-state index is -0.515. The van der Waals surface area contributed by atoms with Crippen molar-refractivity contribution in [2.75, 3.05) is 20.2 Å². The number of aliphatic hydroxyl groups excluding tert-OH is 1. The highest BCUT2D eigenvalue weighted by Crippen LogP contribution is 2.71. The summed E-state index contributed by atoms with van der Waals surface area (Å²) in [5.74, 6) is -0.965. The van der Waals surface area contributed by atoms with Gasteiger partial charge in [-0.1, -0.05) is 19.3 Å². The van der Waals surface area contributed by atoms with Crippen LogP contribution in [0, 0.1) is 11.8 Å². The maximum Gasteiger partial charge on any atom is 0.244 e. The van der Waals surface area contributed by atoms with E-state index in [0.717, 1.165) is 51.4 Å². The Morgan fingerprint density at radius 3 is 2.55 bits per heavy atom. The van der Waals surface area contributed by atoms with Crippen LogP contribution in [0.4, 0.5) is 0 Å². The van der Waals surface area contributed by atoms with Crippen molar-refractivity contribution in [1.82, 2.24) is 15.5 Å². The van der Waals surface area contributed by atoms with Crippen molar-refractivity contribution in [3.05, 3.63) is 0 Å². The van der Waals surface area contributed by atoms with Crippen LogP contribution in [0.1, 0.15) is 71.1 Å². The summed E-state index contributed by atoms with van der Waals surface area (Å²) in [7, 11) is 1.63. The van der Waals surface area contributed by atoms with Crippen LogP contribution in [-0.4, -0.2) is 69.5 Å². The first-order valence-electron chi connectivity index (χ1n) is 12.0. The van der Waals surface area contributed by atoms with Crippen LogP contribution in [-0.2, 0) is 14.4 Å². The molecule has 7 nitrogen and oxygen atoms in total. The van der Waals surface area contributed by atoms with E-state index in [9.17, 15) is 14.4 Å². The van der Waals surface area contributed by atoms with Crippen LogP contribution in [0.5, 0.6) is 0 Å². The molecular formula is C23H37N3O4S. The molecule has 5 atom stereocenters. The zero-order valence-electron chi connectivity index (χ0n) is 18.8. The van der Waals surface area contributed by atoms with E-state index in [-0.39, 0.29) is 35.1 Å². The number of nitrogens with one attached hydrogen (secondary N) is 2. The predicted octanol–water partition coefficient (Wildman–Crippen LogP) is 1.83. The summed E-state index contributed by atoms with van der Waals surface area (Å²) in [4.78, 5) is 42.0. The van der Waals surface area contributed by atoms with Crippen LogP contribution >= 0.6 is 11.8 Å². The van der Waals surface area contributed by atoms with E-state index in [0.29, 0.717) is 13.0 Å². The van der Waals surface area contributed by atoms with Gasteiger partial charge in [-0.15, -0.1) is 11.8 Å². The van der Waals surface area contributed by atoms with E-state index in [4.69, 9.17) is 5.11 Å². The monoisotopic (exact) mass is 451 g/mol. The second-order valence-corrected chi connectivity index (χ2v) is 11.9. The number of carbonyl (C=O) groups is 3. The predicted molar refractivity (Wildman–Crippen MR) is 120 cm³/mol. The van der Waals surface area contributed by atoms with Gasteiger partial charge < -0.3 is 20.6 Å². The molecule has 31 heavy (non-hydrogen) atoms. The Morgan fingerprint density at radius 2 is 1.87 bits per heavy atom. The molecule has 1 saturated carbocycles. The molecule has 4 fully saturated rings. The molecule has 2 bridgehead atoms. The molecule has 0 aromatic rings. The third-order valence-corrected chi connectivity index (χ3v) is 10.0. The molecule has 3 heterocycles. The van der Waals surface area contributed by atoms with Crippen molar-refractivity contribution in [3.8, 4) is 0 Å². The van der Waals surface area contributed by atoms with Crippen LogP contribution in [0.15, 0.2) is 0 Å². The summed E-state index contributed by atoms with van der Waals surface area (Å²) in [5.41, 5.74) is 0. The molecule has 4 aliphatic rings. The molecular weight excluding hydrogens is 414 g/mol. The summed E-state index contributed by atoms with van der Waals surface area (Å²) in [5, 5.41) is 15.2. The average molecular weight is 452 g/mol. The topological polar surface area (TPSA) is 98.7 Å². The normalized spacial score (nSPS) is 37.2. The zero-order valence-corrected chi connectivity index (χ0v) is 19.6. The van der Waals surface area contributed by atoms with E-state index < -0.39 is 22.6 Å². The molecule has 0 radical (unpaired) electrons. The van der Waals surface area contributed by atoms with Gasteiger partial charge in [0.25, 0.3) is 0 Å². The Labute approximate surface area is 189 Å². The molecule has 174 valence electrons. The minimum Gasteiger partial charge on any atom is -0.396 e. The first kappa shape index (κ1) is 22.9. The number of hydrogen-bond acceptors (Lipinski definition) is 5. The molecule has 3 aliphatic heterocycles. The van der Waals surface area contributed by atoms with E-state index in [1.165, 1.54) is 6.42 Å². The van der Waals surface area contributed by atoms with Gasteiger partial charge in [-0.25, -0.2) is 0 Å². The lowest BCUT2D eigenvalue weighted by molar-refractivity contribution is -0.140. The number of amides is 3. The number of nitrogens with zero attached hydrogens (tertiary/aromatic N) is 1. The van der Waals surface area contributed by atoms with E-state index in [1.54, 1.807) is 23.7 Å². The number of aliphatic hydroxyl groups is 1. The Morgan fingerprint density at radius 1 is 1.13 bits per heavy atom. The van der Waals surface area contributed by atoms with E-state index >= 15 is 0 Å². The van der Waals surface area contributed by atoms with E-state index in [1.807, 2.05) is 0 Å².